The zero-order valence-corrected chi connectivity index (χ0v) is 22.7. The molecule has 1 heterocycles. The number of fused-ring (bicyclic) bond motifs is 1. The molecule has 0 aliphatic rings. The largest absolute Gasteiger partial charge is 0.573 e. The molecule has 10 heteroatoms. The van der Waals surface area contributed by atoms with E-state index in [1.54, 1.807) is 0 Å². The van der Waals surface area contributed by atoms with Gasteiger partial charge in [-0.15, -0.1) is 24.5 Å². The summed E-state index contributed by atoms with van der Waals surface area (Å²) in [6, 6.07) is 23.0. The molecule has 4 rings (SSSR count). The minimum absolute atomic E-state index is 0.00395. The van der Waals surface area contributed by atoms with Crippen molar-refractivity contribution >= 4 is 36.4 Å². The van der Waals surface area contributed by atoms with E-state index < -0.39 is 16.4 Å². The van der Waals surface area contributed by atoms with E-state index in [2.05, 4.69) is 4.74 Å². The van der Waals surface area contributed by atoms with Gasteiger partial charge < -0.3 is 9.64 Å². The first kappa shape index (κ1) is 27.9. The van der Waals surface area contributed by atoms with Gasteiger partial charge in [0.2, 0.25) is 10.0 Å². The Balaban J connectivity index is 1.55. The quantitative estimate of drug-likeness (QED) is 0.206. The van der Waals surface area contributed by atoms with E-state index in [1.807, 2.05) is 73.5 Å². The highest BCUT2D eigenvalue weighted by molar-refractivity contribution is 7.93. The summed E-state index contributed by atoms with van der Waals surface area (Å²) in [7, 11) is -1.87. The molecule has 0 saturated carbocycles. The Kier molecular flexibility index (Phi) is 8.64. The number of nitrogens with zero attached hydrogens (tertiary/aromatic N) is 2. The SMILES string of the molecule is Cc1c(N(Cc2ccc(OC(F)(F)F)cc2)S(=O)(=O)CCN(C)CCc2ccccc2)sc2ccccc12. The highest BCUT2D eigenvalue weighted by atomic mass is 32.2. The predicted octanol–water partition coefficient (Wildman–Crippen LogP) is 6.62. The lowest BCUT2D eigenvalue weighted by Gasteiger charge is -2.26. The van der Waals surface area contributed by atoms with Crippen molar-refractivity contribution in [3.8, 4) is 5.75 Å². The van der Waals surface area contributed by atoms with Crippen LogP contribution in [0.5, 0.6) is 5.75 Å². The molecule has 0 amide bonds. The number of likely N-dealkylation sites (N-methyl/N-ethyl adjacent to an activating group) is 1. The molecule has 0 bridgehead atoms. The number of aryl methyl sites for hydroxylation is 1. The number of anilines is 1. The fourth-order valence-corrected chi connectivity index (χ4v) is 7.18. The van der Waals surface area contributed by atoms with Gasteiger partial charge in [-0.3, -0.25) is 4.31 Å². The minimum Gasteiger partial charge on any atom is -0.406 e. The van der Waals surface area contributed by atoms with Crippen LogP contribution in [0.15, 0.2) is 78.9 Å². The van der Waals surface area contributed by atoms with E-state index >= 15 is 0 Å². The van der Waals surface area contributed by atoms with Gasteiger partial charge in [0.05, 0.1) is 12.3 Å². The lowest BCUT2D eigenvalue weighted by atomic mass is 10.1. The van der Waals surface area contributed by atoms with Crippen molar-refractivity contribution in [3.05, 3.63) is 95.6 Å². The van der Waals surface area contributed by atoms with Crippen LogP contribution in [0.3, 0.4) is 0 Å². The van der Waals surface area contributed by atoms with Crippen LogP contribution in [0.4, 0.5) is 18.2 Å². The number of thiophene rings is 1. The predicted molar refractivity (Wildman–Crippen MR) is 147 cm³/mol. The van der Waals surface area contributed by atoms with Crippen LogP contribution in [0.2, 0.25) is 0 Å². The van der Waals surface area contributed by atoms with Gasteiger partial charge >= 0.3 is 6.36 Å². The van der Waals surface area contributed by atoms with Crippen molar-refractivity contribution in [1.29, 1.82) is 0 Å². The summed E-state index contributed by atoms with van der Waals surface area (Å²) in [5, 5.41) is 1.58. The molecule has 202 valence electrons. The smallest absolute Gasteiger partial charge is 0.406 e. The minimum atomic E-state index is -4.79. The molecule has 0 unspecified atom stereocenters. The fourth-order valence-electron chi connectivity index (χ4n) is 4.12. The zero-order chi connectivity index (χ0) is 27.3. The Labute approximate surface area is 225 Å². The third-order valence-corrected chi connectivity index (χ3v) is 9.31. The number of hydrogen-bond donors (Lipinski definition) is 0. The molecule has 4 aromatic rings. The second-order valence-corrected chi connectivity index (χ2v) is 12.1. The van der Waals surface area contributed by atoms with E-state index in [1.165, 1.54) is 45.5 Å². The summed E-state index contributed by atoms with van der Waals surface area (Å²) in [4.78, 5) is 1.99. The molecule has 0 aliphatic heterocycles. The van der Waals surface area contributed by atoms with E-state index in [0.717, 1.165) is 22.1 Å². The van der Waals surface area contributed by atoms with Crippen LogP contribution in [0.1, 0.15) is 16.7 Å². The first-order chi connectivity index (χ1) is 18.0. The van der Waals surface area contributed by atoms with Gasteiger partial charge in [0, 0.05) is 17.8 Å². The molecular formula is C28H29F3N2O3S2. The molecule has 0 aliphatic carbocycles. The van der Waals surface area contributed by atoms with E-state index in [9.17, 15) is 21.6 Å². The third kappa shape index (κ3) is 7.27. The number of hydrogen-bond acceptors (Lipinski definition) is 5. The molecule has 5 nitrogen and oxygen atoms in total. The molecule has 0 N–H and O–H groups in total. The summed E-state index contributed by atoms with van der Waals surface area (Å²) >= 11 is 1.39. The highest BCUT2D eigenvalue weighted by Gasteiger charge is 2.31. The number of sulfonamides is 1. The zero-order valence-electron chi connectivity index (χ0n) is 21.1. The maximum Gasteiger partial charge on any atom is 0.573 e. The van der Waals surface area contributed by atoms with Crippen LogP contribution in [-0.4, -0.2) is 45.6 Å². The lowest BCUT2D eigenvalue weighted by Crippen LogP contribution is -2.37. The van der Waals surface area contributed by atoms with Crippen LogP contribution in [0.25, 0.3) is 10.1 Å². The van der Waals surface area contributed by atoms with Crippen molar-refractivity contribution in [2.45, 2.75) is 26.3 Å². The molecule has 38 heavy (non-hydrogen) atoms. The molecule has 1 aromatic heterocycles. The van der Waals surface area contributed by atoms with Gasteiger partial charge in [0.15, 0.2) is 0 Å². The molecule has 0 fully saturated rings. The summed E-state index contributed by atoms with van der Waals surface area (Å²) in [5.41, 5.74) is 2.59. The van der Waals surface area contributed by atoms with Crippen molar-refractivity contribution in [2.75, 3.05) is 30.2 Å². The standard InChI is InChI=1S/C28H29F3N2O3S2/c1-21-25-10-6-7-11-26(25)37-27(21)33(20-23-12-14-24(15-13-23)36-28(29,30)31)38(34,35)19-18-32(2)17-16-22-8-4-3-5-9-22/h3-15H,16-20H2,1-2H3. The van der Waals surface area contributed by atoms with Gasteiger partial charge in [-0.05, 0) is 60.7 Å². The van der Waals surface area contributed by atoms with Crippen molar-refractivity contribution in [1.82, 2.24) is 4.90 Å². The Morgan fingerprint density at radius 3 is 2.18 bits per heavy atom. The molecule has 0 radical (unpaired) electrons. The Hall–Kier alpha value is -3.08. The van der Waals surface area contributed by atoms with Gasteiger partial charge in [-0.1, -0.05) is 60.7 Å². The van der Waals surface area contributed by atoms with Gasteiger partial charge in [-0.25, -0.2) is 8.42 Å². The van der Waals surface area contributed by atoms with Gasteiger partial charge in [-0.2, -0.15) is 0 Å². The summed E-state index contributed by atoms with van der Waals surface area (Å²) in [6.45, 7) is 2.94. The third-order valence-electron chi connectivity index (χ3n) is 6.22. The monoisotopic (exact) mass is 562 g/mol. The van der Waals surface area contributed by atoms with E-state index in [4.69, 9.17) is 0 Å². The molecule has 0 saturated heterocycles. The summed E-state index contributed by atoms with van der Waals surface area (Å²) in [6.07, 6.45) is -3.99. The average molecular weight is 563 g/mol. The number of ether oxygens (including phenoxy) is 1. The first-order valence-corrected chi connectivity index (χ1v) is 14.5. The Bertz CT molecular complexity index is 1450. The second kappa shape index (κ2) is 11.8. The van der Waals surface area contributed by atoms with Crippen LogP contribution < -0.4 is 9.04 Å². The fraction of sp³-hybridized carbons (Fsp3) is 0.286. The van der Waals surface area contributed by atoms with Crippen molar-refractivity contribution in [3.63, 3.8) is 0 Å². The molecular weight excluding hydrogens is 533 g/mol. The Morgan fingerprint density at radius 1 is 0.868 bits per heavy atom. The van der Waals surface area contributed by atoms with Gasteiger partial charge in [0.1, 0.15) is 10.8 Å². The number of benzene rings is 3. The van der Waals surface area contributed by atoms with Crippen molar-refractivity contribution in [2.24, 2.45) is 0 Å². The van der Waals surface area contributed by atoms with Crippen LogP contribution in [0, 0.1) is 6.92 Å². The molecule has 3 aromatic carbocycles. The summed E-state index contributed by atoms with van der Waals surface area (Å²) in [5.74, 6) is -0.449. The van der Waals surface area contributed by atoms with Gasteiger partial charge in [0.25, 0.3) is 0 Å². The summed E-state index contributed by atoms with van der Waals surface area (Å²) < 4.78 is 71.5. The van der Waals surface area contributed by atoms with Crippen LogP contribution in [-0.2, 0) is 23.0 Å². The normalized spacial score (nSPS) is 12.3. The maximum atomic E-state index is 13.7. The van der Waals surface area contributed by atoms with E-state index in [0.29, 0.717) is 23.7 Å². The average Bonchev–Trinajstić information content (AvgIpc) is 3.21. The second-order valence-electron chi connectivity index (χ2n) is 9.08. The topological polar surface area (TPSA) is 49.9 Å². The Morgan fingerprint density at radius 2 is 1.53 bits per heavy atom. The number of halogens is 3. The van der Waals surface area contributed by atoms with E-state index in [-0.39, 0.29) is 18.0 Å². The lowest BCUT2D eigenvalue weighted by molar-refractivity contribution is -0.274. The number of rotatable bonds is 11. The highest BCUT2D eigenvalue weighted by Crippen LogP contribution is 2.39. The first-order valence-electron chi connectivity index (χ1n) is 12.1. The molecule has 0 spiro atoms. The van der Waals surface area contributed by atoms with Crippen molar-refractivity contribution < 1.29 is 26.3 Å². The maximum absolute atomic E-state index is 13.7. The number of alkyl halides is 3. The van der Waals surface area contributed by atoms with Crippen LogP contribution >= 0.6 is 11.3 Å². The molecule has 0 atom stereocenters.